The largest absolute Gasteiger partial charge is 0.420 e. The smallest absolute Gasteiger partial charge is 0.308 e. The predicted octanol–water partition coefficient (Wildman–Crippen LogP) is 3.44. The van der Waals surface area contributed by atoms with E-state index < -0.39 is 46.6 Å². The molecule has 2 aliphatic rings. The topological polar surface area (TPSA) is 81.5 Å². The van der Waals surface area contributed by atoms with Crippen molar-refractivity contribution < 1.29 is 23.1 Å². The van der Waals surface area contributed by atoms with E-state index in [4.69, 9.17) is 4.74 Å². The maximum atomic E-state index is 15.2. The SMILES string of the molecule is CC(=O)Oc1c2n(ncc1=O)[C@@H](C(c1ccccc1)c1cccc(F)c1F)[C@H]1CCCN1C2=O. The molecule has 7 nitrogen and oxygen atoms in total. The lowest BCUT2D eigenvalue weighted by Gasteiger charge is -2.42. The quantitative estimate of drug-likeness (QED) is 0.552. The van der Waals surface area contributed by atoms with Crippen molar-refractivity contribution in [1.82, 2.24) is 14.7 Å². The van der Waals surface area contributed by atoms with Crippen LogP contribution in [0.25, 0.3) is 0 Å². The number of fused-ring (bicyclic) bond motifs is 2. The Morgan fingerprint density at radius 1 is 1.12 bits per heavy atom. The number of rotatable bonds is 4. The van der Waals surface area contributed by atoms with Crippen LogP contribution in [-0.4, -0.2) is 39.1 Å². The van der Waals surface area contributed by atoms with Crippen LogP contribution in [0.1, 0.15) is 53.3 Å². The third kappa shape index (κ3) is 3.48. The Morgan fingerprint density at radius 2 is 1.88 bits per heavy atom. The number of nitrogens with zero attached hydrogens (tertiary/aromatic N) is 3. The summed E-state index contributed by atoms with van der Waals surface area (Å²) in [6.45, 7) is 1.56. The number of amides is 1. The summed E-state index contributed by atoms with van der Waals surface area (Å²) in [5, 5.41) is 4.25. The Kier molecular flexibility index (Phi) is 5.47. The summed E-state index contributed by atoms with van der Waals surface area (Å²) < 4.78 is 36.1. The van der Waals surface area contributed by atoms with Crippen LogP contribution in [0.15, 0.2) is 59.5 Å². The van der Waals surface area contributed by atoms with E-state index in [0.29, 0.717) is 24.9 Å². The van der Waals surface area contributed by atoms with Crippen LogP contribution in [0.3, 0.4) is 0 Å². The molecule has 0 spiro atoms. The van der Waals surface area contributed by atoms with Crippen molar-refractivity contribution in [2.75, 3.05) is 6.54 Å². The number of aromatic nitrogens is 2. The fourth-order valence-corrected chi connectivity index (χ4v) is 5.16. The first kappa shape index (κ1) is 21.9. The molecule has 2 aliphatic heterocycles. The number of hydrogen-bond donors (Lipinski definition) is 0. The normalized spacial score (nSPS) is 20.0. The van der Waals surface area contributed by atoms with Crippen molar-refractivity contribution in [3.8, 4) is 5.75 Å². The number of hydrogen-bond acceptors (Lipinski definition) is 5. The van der Waals surface area contributed by atoms with Crippen molar-refractivity contribution in [3.63, 3.8) is 0 Å². The first-order valence-electron chi connectivity index (χ1n) is 11.0. The molecule has 3 aromatic rings. The van der Waals surface area contributed by atoms with Crippen LogP contribution in [0.4, 0.5) is 8.78 Å². The number of halogens is 2. The van der Waals surface area contributed by atoms with Gasteiger partial charge in [0, 0.05) is 24.9 Å². The number of esters is 1. The van der Waals surface area contributed by atoms with Gasteiger partial charge in [0.2, 0.25) is 11.2 Å². The monoisotopic (exact) mass is 465 g/mol. The minimum Gasteiger partial charge on any atom is -0.420 e. The predicted molar refractivity (Wildman–Crippen MR) is 118 cm³/mol. The van der Waals surface area contributed by atoms with Crippen molar-refractivity contribution in [1.29, 1.82) is 0 Å². The van der Waals surface area contributed by atoms with Gasteiger partial charge in [-0.3, -0.25) is 14.4 Å². The van der Waals surface area contributed by atoms with Crippen LogP contribution in [0.2, 0.25) is 0 Å². The molecule has 0 saturated carbocycles. The van der Waals surface area contributed by atoms with Gasteiger partial charge in [-0.15, -0.1) is 0 Å². The Morgan fingerprint density at radius 3 is 2.62 bits per heavy atom. The zero-order valence-electron chi connectivity index (χ0n) is 18.3. The van der Waals surface area contributed by atoms with Crippen LogP contribution < -0.4 is 10.2 Å². The summed E-state index contributed by atoms with van der Waals surface area (Å²) in [4.78, 5) is 39.3. The third-order valence-electron chi connectivity index (χ3n) is 6.47. The lowest BCUT2D eigenvalue weighted by atomic mass is 9.79. The van der Waals surface area contributed by atoms with Gasteiger partial charge in [-0.1, -0.05) is 42.5 Å². The Bertz CT molecular complexity index is 1340. The van der Waals surface area contributed by atoms with Gasteiger partial charge >= 0.3 is 5.97 Å². The zero-order chi connectivity index (χ0) is 24.0. The number of benzene rings is 2. The third-order valence-corrected chi connectivity index (χ3v) is 6.47. The second-order valence-electron chi connectivity index (χ2n) is 8.45. The highest BCUT2D eigenvalue weighted by Crippen LogP contribution is 2.46. The van der Waals surface area contributed by atoms with Crippen LogP contribution in [0.5, 0.6) is 5.75 Å². The summed E-state index contributed by atoms with van der Waals surface area (Å²) in [5.41, 5.74) is -0.0699. The molecule has 1 amide bonds. The van der Waals surface area contributed by atoms with Gasteiger partial charge in [-0.05, 0) is 24.5 Å². The summed E-state index contributed by atoms with van der Waals surface area (Å²) in [6.07, 6.45) is 2.30. The first-order valence-corrected chi connectivity index (χ1v) is 11.0. The second-order valence-corrected chi connectivity index (χ2v) is 8.45. The number of carbonyl (C=O) groups is 2. The van der Waals surface area contributed by atoms with Gasteiger partial charge in [-0.25, -0.2) is 13.5 Å². The van der Waals surface area contributed by atoms with Gasteiger partial charge in [0.05, 0.1) is 18.3 Å². The molecule has 34 heavy (non-hydrogen) atoms. The van der Waals surface area contributed by atoms with Gasteiger partial charge in [0.1, 0.15) is 0 Å². The van der Waals surface area contributed by atoms with Gasteiger partial charge < -0.3 is 9.64 Å². The van der Waals surface area contributed by atoms with Crippen LogP contribution >= 0.6 is 0 Å². The van der Waals surface area contributed by atoms with Gasteiger partial charge in [0.15, 0.2) is 17.3 Å². The van der Waals surface area contributed by atoms with E-state index >= 15 is 4.39 Å². The molecule has 1 saturated heterocycles. The fraction of sp³-hybridized carbons (Fsp3) is 0.280. The fourth-order valence-electron chi connectivity index (χ4n) is 5.16. The molecule has 0 radical (unpaired) electrons. The molecule has 1 unspecified atom stereocenters. The lowest BCUT2D eigenvalue weighted by Crippen LogP contribution is -2.51. The molecule has 1 fully saturated rings. The average molecular weight is 465 g/mol. The van der Waals surface area contributed by atoms with Crippen LogP contribution in [0, 0.1) is 11.6 Å². The Balaban J connectivity index is 1.81. The molecule has 174 valence electrons. The molecule has 0 aliphatic carbocycles. The molecule has 0 N–H and O–H groups in total. The zero-order valence-corrected chi connectivity index (χ0v) is 18.3. The molecule has 2 aromatic carbocycles. The van der Waals surface area contributed by atoms with E-state index in [1.807, 2.05) is 6.07 Å². The van der Waals surface area contributed by atoms with E-state index in [0.717, 1.165) is 19.2 Å². The van der Waals surface area contributed by atoms with E-state index in [2.05, 4.69) is 5.10 Å². The lowest BCUT2D eigenvalue weighted by molar-refractivity contribution is -0.132. The molecule has 5 rings (SSSR count). The summed E-state index contributed by atoms with van der Waals surface area (Å²) in [5.74, 6) is -4.35. The van der Waals surface area contributed by atoms with Crippen LogP contribution in [-0.2, 0) is 4.79 Å². The first-order chi connectivity index (χ1) is 16.4. The number of ether oxygens (including phenoxy) is 1. The second kappa shape index (κ2) is 8.48. The highest BCUT2D eigenvalue weighted by Gasteiger charge is 2.49. The molecular weight excluding hydrogens is 444 g/mol. The standard InChI is InChI=1S/C25H21F2N3O4/c1-14(31)34-24-19(32)13-28-30-22(18-11-6-12-29(18)25(33)23(24)30)20(15-7-3-2-4-8-15)16-9-5-10-17(26)21(16)27/h2-5,7-10,13,18,20,22H,6,11-12H2,1H3/t18-,20?,22-/m1/s1. The molecule has 9 heteroatoms. The van der Waals surface area contributed by atoms with Gasteiger partial charge in [-0.2, -0.15) is 5.10 Å². The summed E-state index contributed by atoms with van der Waals surface area (Å²) in [7, 11) is 0. The highest BCUT2D eigenvalue weighted by atomic mass is 19.2. The van der Waals surface area contributed by atoms with E-state index in [1.165, 1.54) is 16.8 Å². The molecule has 1 aromatic heterocycles. The van der Waals surface area contributed by atoms with Gasteiger partial charge in [0.25, 0.3) is 5.91 Å². The minimum absolute atomic E-state index is 0.109. The van der Waals surface area contributed by atoms with E-state index in [9.17, 15) is 18.8 Å². The maximum Gasteiger partial charge on any atom is 0.308 e. The van der Waals surface area contributed by atoms with Crippen molar-refractivity contribution >= 4 is 11.9 Å². The molecular formula is C25H21F2N3O4. The van der Waals surface area contributed by atoms with E-state index in [-0.39, 0.29) is 17.3 Å². The maximum absolute atomic E-state index is 15.2. The van der Waals surface area contributed by atoms with E-state index in [1.54, 1.807) is 29.2 Å². The number of carbonyl (C=O) groups excluding carboxylic acids is 2. The minimum atomic E-state index is -0.986. The molecule has 3 heterocycles. The Hall–Kier alpha value is -3.88. The molecule has 3 atom stereocenters. The van der Waals surface area contributed by atoms with Crippen molar-refractivity contribution in [2.45, 2.75) is 37.8 Å². The molecule has 0 bridgehead atoms. The summed E-state index contributed by atoms with van der Waals surface area (Å²) in [6, 6.07) is 12.0. The highest BCUT2D eigenvalue weighted by molar-refractivity contribution is 5.97. The van der Waals surface area contributed by atoms with Crippen molar-refractivity contribution in [3.05, 3.63) is 93.4 Å². The van der Waals surface area contributed by atoms with Crippen molar-refractivity contribution in [2.24, 2.45) is 0 Å². The Labute approximate surface area is 193 Å². The summed E-state index contributed by atoms with van der Waals surface area (Å²) >= 11 is 0. The average Bonchev–Trinajstić information content (AvgIpc) is 3.31.